The highest BCUT2D eigenvalue weighted by atomic mass is 35.5. The zero-order valence-electron chi connectivity index (χ0n) is 5.10. The fraction of sp³-hybridized carbons (Fsp3) is 0.833. The Labute approximate surface area is 59.1 Å². The van der Waals surface area contributed by atoms with Crippen LogP contribution >= 0.6 is 11.6 Å². The number of rotatable bonds is 2. The molecule has 0 spiro atoms. The third-order valence-electron chi connectivity index (χ3n) is 1.41. The van der Waals surface area contributed by atoms with Gasteiger partial charge in [0.2, 0.25) is 5.24 Å². The van der Waals surface area contributed by atoms with Crippen LogP contribution in [0, 0.1) is 0 Å². The van der Waals surface area contributed by atoms with Crippen LogP contribution in [0.4, 0.5) is 0 Å². The maximum atomic E-state index is 10.3. The molecule has 0 bridgehead atoms. The van der Waals surface area contributed by atoms with Crippen molar-refractivity contribution in [2.45, 2.75) is 25.4 Å². The van der Waals surface area contributed by atoms with Crippen LogP contribution in [0.1, 0.15) is 19.3 Å². The van der Waals surface area contributed by atoms with Gasteiger partial charge in [0.15, 0.2) is 0 Å². The van der Waals surface area contributed by atoms with Gasteiger partial charge in [0.25, 0.3) is 0 Å². The number of halogens is 1. The first-order chi connectivity index (χ1) is 4.29. The summed E-state index contributed by atoms with van der Waals surface area (Å²) in [5, 5.41) is -0.290. The van der Waals surface area contributed by atoms with Crippen LogP contribution < -0.4 is 0 Å². The molecule has 0 aromatic rings. The van der Waals surface area contributed by atoms with E-state index in [1.807, 2.05) is 0 Å². The van der Waals surface area contributed by atoms with Crippen molar-refractivity contribution in [1.82, 2.24) is 0 Å². The van der Waals surface area contributed by atoms with Crippen molar-refractivity contribution in [2.75, 3.05) is 6.61 Å². The maximum Gasteiger partial charge on any atom is 0.224 e. The summed E-state index contributed by atoms with van der Waals surface area (Å²) in [4.78, 5) is 10.3. The monoisotopic (exact) mass is 148 g/mol. The molecule has 0 aromatic carbocycles. The Balaban J connectivity index is 2.19. The van der Waals surface area contributed by atoms with Crippen LogP contribution in [0.3, 0.4) is 0 Å². The molecule has 9 heavy (non-hydrogen) atoms. The molecule has 2 nitrogen and oxygen atoms in total. The van der Waals surface area contributed by atoms with Crippen LogP contribution in [0.5, 0.6) is 0 Å². The van der Waals surface area contributed by atoms with Crippen LogP contribution in [-0.4, -0.2) is 18.0 Å². The summed E-state index contributed by atoms with van der Waals surface area (Å²) < 4.78 is 5.16. The summed E-state index contributed by atoms with van der Waals surface area (Å²) in [6.45, 7) is 0.787. The minimum atomic E-state index is -0.290. The second-order valence-corrected chi connectivity index (χ2v) is 2.62. The lowest BCUT2D eigenvalue weighted by Crippen LogP contribution is -2.07. The Morgan fingerprint density at radius 1 is 1.78 bits per heavy atom. The molecule has 1 fully saturated rings. The zero-order valence-corrected chi connectivity index (χ0v) is 5.86. The summed E-state index contributed by atoms with van der Waals surface area (Å²) in [5.74, 6) is 0. The second-order valence-electron chi connectivity index (χ2n) is 2.19. The smallest absolute Gasteiger partial charge is 0.224 e. The first-order valence-electron chi connectivity index (χ1n) is 3.09. The first-order valence-corrected chi connectivity index (χ1v) is 3.47. The van der Waals surface area contributed by atoms with Gasteiger partial charge < -0.3 is 4.74 Å². The molecule has 1 unspecified atom stereocenters. The lowest BCUT2D eigenvalue weighted by atomic mass is 10.2. The third-order valence-corrected chi connectivity index (χ3v) is 1.57. The minimum Gasteiger partial charge on any atom is -0.378 e. The normalized spacial score (nSPS) is 26.6. The quantitative estimate of drug-likeness (QED) is 0.553. The third kappa shape index (κ3) is 2.33. The van der Waals surface area contributed by atoms with Crippen LogP contribution in [0.15, 0.2) is 0 Å². The van der Waals surface area contributed by atoms with Crippen molar-refractivity contribution in [1.29, 1.82) is 0 Å². The molecule has 0 N–H and O–H groups in total. The highest BCUT2D eigenvalue weighted by molar-refractivity contribution is 6.63. The summed E-state index contributed by atoms with van der Waals surface area (Å²) >= 11 is 5.14. The Bertz CT molecular complexity index is 108. The number of hydrogen-bond acceptors (Lipinski definition) is 2. The minimum absolute atomic E-state index is 0.106. The zero-order chi connectivity index (χ0) is 6.69. The van der Waals surface area contributed by atoms with E-state index in [2.05, 4.69) is 0 Å². The highest BCUT2D eigenvalue weighted by Crippen LogP contribution is 2.15. The van der Waals surface area contributed by atoms with E-state index in [1.54, 1.807) is 0 Å². The van der Waals surface area contributed by atoms with Gasteiger partial charge in [0, 0.05) is 13.0 Å². The molecule has 1 rings (SSSR count). The van der Waals surface area contributed by atoms with Gasteiger partial charge in [-0.25, -0.2) is 0 Å². The van der Waals surface area contributed by atoms with Gasteiger partial charge in [0.1, 0.15) is 0 Å². The summed E-state index contributed by atoms with van der Waals surface area (Å²) in [5.41, 5.74) is 0. The fourth-order valence-corrected chi connectivity index (χ4v) is 1.16. The van der Waals surface area contributed by atoms with E-state index >= 15 is 0 Å². The molecule has 0 aromatic heterocycles. The Morgan fingerprint density at radius 3 is 3.00 bits per heavy atom. The Morgan fingerprint density at radius 2 is 2.56 bits per heavy atom. The van der Waals surface area contributed by atoms with Crippen LogP contribution in [0.25, 0.3) is 0 Å². The SMILES string of the molecule is O=C(Cl)CC1CCCO1. The van der Waals surface area contributed by atoms with E-state index in [0.29, 0.717) is 6.42 Å². The topological polar surface area (TPSA) is 26.3 Å². The predicted molar refractivity (Wildman–Crippen MR) is 34.5 cm³/mol. The molecular weight excluding hydrogens is 140 g/mol. The molecule has 1 saturated heterocycles. The average Bonchev–Trinajstić information content (AvgIpc) is 2.15. The van der Waals surface area contributed by atoms with Crippen molar-refractivity contribution in [3.8, 4) is 0 Å². The lowest BCUT2D eigenvalue weighted by Gasteiger charge is -2.02. The predicted octanol–water partition coefficient (Wildman–Crippen LogP) is 1.32. The van der Waals surface area contributed by atoms with Crippen LogP contribution in [0.2, 0.25) is 0 Å². The molecule has 0 amide bonds. The number of carbonyl (C=O) groups is 1. The van der Waals surface area contributed by atoms with Crippen molar-refractivity contribution in [2.24, 2.45) is 0 Å². The average molecular weight is 149 g/mol. The van der Waals surface area contributed by atoms with Gasteiger partial charge in [0.05, 0.1) is 6.10 Å². The van der Waals surface area contributed by atoms with Gasteiger partial charge in [-0.2, -0.15) is 0 Å². The van der Waals surface area contributed by atoms with Crippen LogP contribution in [-0.2, 0) is 9.53 Å². The van der Waals surface area contributed by atoms with E-state index in [1.165, 1.54) is 0 Å². The number of carbonyl (C=O) groups excluding carboxylic acids is 1. The van der Waals surface area contributed by atoms with Gasteiger partial charge in [-0.15, -0.1) is 0 Å². The van der Waals surface area contributed by atoms with Crippen molar-refractivity contribution in [3.05, 3.63) is 0 Å². The standard InChI is InChI=1S/C6H9ClO2/c7-6(8)4-5-2-1-3-9-5/h5H,1-4H2. The first kappa shape index (κ1) is 7.03. The van der Waals surface area contributed by atoms with Gasteiger partial charge in [-0.3, -0.25) is 4.79 Å². The summed E-state index contributed by atoms with van der Waals surface area (Å²) in [6, 6.07) is 0. The fourth-order valence-electron chi connectivity index (χ4n) is 0.984. The van der Waals surface area contributed by atoms with Gasteiger partial charge >= 0.3 is 0 Å². The summed E-state index contributed by atoms with van der Waals surface area (Å²) in [6.07, 6.45) is 2.53. The lowest BCUT2D eigenvalue weighted by molar-refractivity contribution is -0.113. The second kappa shape index (κ2) is 3.18. The molecule has 1 heterocycles. The molecule has 0 saturated carbocycles. The Kier molecular flexibility index (Phi) is 2.49. The van der Waals surface area contributed by atoms with Crippen molar-refractivity contribution >= 4 is 16.8 Å². The van der Waals surface area contributed by atoms with Crippen molar-refractivity contribution in [3.63, 3.8) is 0 Å². The van der Waals surface area contributed by atoms with E-state index < -0.39 is 0 Å². The summed E-state index contributed by atoms with van der Waals surface area (Å²) in [7, 11) is 0. The molecule has 1 aliphatic heterocycles. The van der Waals surface area contributed by atoms with E-state index in [0.717, 1.165) is 19.4 Å². The van der Waals surface area contributed by atoms with Gasteiger partial charge in [-0.05, 0) is 24.4 Å². The number of hydrogen-bond donors (Lipinski definition) is 0. The molecule has 3 heteroatoms. The molecule has 0 aliphatic carbocycles. The Hall–Kier alpha value is -0.0800. The molecule has 1 atom stereocenters. The maximum absolute atomic E-state index is 10.3. The number of ether oxygens (including phenoxy) is 1. The van der Waals surface area contributed by atoms with E-state index in [-0.39, 0.29) is 11.3 Å². The molecular formula is C6H9ClO2. The van der Waals surface area contributed by atoms with E-state index in [4.69, 9.17) is 16.3 Å². The van der Waals surface area contributed by atoms with Gasteiger partial charge in [-0.1, -0.05) is 0 Å². The largest absolute Gasteiger partial charge is 0.378 e. The molecule has 1 aliphatic rings. The van der Waals surface area contributed by atoms with Crippen molar-refractivity contribution < 1.29 is 9.53 Å². The van der Waals surface area contributed by atoms with E-state index in [9.17, 15) is 4.79 Å². The highest BCUT2D eigenvalue weighted by Gasteiger charge is 2.17. The molecule has 52 valence electrons. The molecule has 0 radical (unpaired) electrons.